The van der Waals surface area contributed by atoms with Crippen LogP contribution < -0.4 is 0 Å². The second kappa shape index (κ2) is 7.38. The van der Waals surface area contributed by atoms with Crippen molar-refractivity contribution in [2.75, 3.05) is 0 Å². The molecule has 0 radical (unpaired) electrons. The van der Waals surface area contributed by atoms with Crippen molar-refractivity contribution < 1.29 is 19.1 Å². The molecule has 0 heterocycles. The zero-order valence-electron chi connectivity index (χ0n) is 14.7. The topological polar surface area (TPSA) is 60.4 Å². The van der Waals surface area contributed by atoms with E-state index in [-0.39, 0.29) is 23.5 Å². The lowest BCUT2D eigenvalue weighted by molar-refractivity contribution is -0.173. The van der Waals surface area contributed by atoms with Crippen LogP contribution in [0.25, 0.3) is 0 Å². The molecule has 2 atom stereocenters. The summed E-state index contributed by atoms with van der Waals surface area (Å²) in [5.74, 6) is -0.227. The summed E-state index contributed by atoms with van der Waals surface area (Å²) < 4.78 is 5.82. The maximum atomic E-state index is 12.5. The Bertz CT molecular complexity index is 436. The molecule has 1 aliphatic carbocycles. The second-order valence-corrected chi connectivity index (χ2v) is 7.07. The first-order valence-corrected chi connectivity index (χ1v) is 8.47. The number of hydrogen-bond acceptors (Lipinski definition) is 4. The molecule has 4 nitrogen and oxygen atoms in total. The van der Waals surface area contributed by atoms with Gasteiger partial charge in [-0.25, -0.2) is 0 Å². The van der Waals surface area contributed by atoms with E-state index in [0.717, 1.165) is 12.8 Å². The number of carbonyl (C=O) groups is 3. The third-order valence-corrected chi connectivity index (χ3v) is 5.40. The van der Waals surface area contributed by atoms with E-state index in [0.29, 0.717) is 32.1 Å². The van der Waals surface area contributed by atoms with Crippen molar-refractivity contribution in [1.82, 2.24) is 0 Å². The van der Waals surface area contributed by atoms with Gasteiger partial charge in [0.1, 0.15) is 17.2 Å². The molecular formula is C18H30O4. The Balaban J connectivity index is 2.81. The van der Waals surface area contributed by atoms with Crippen molar-refractivity contribution in [2.45, 2.75) is 85.2 Å². The zero-order chi connectivity index (χ0) is 17.0. The van der Waals surface area contributed by atoms with E-state index in [4.69, 9.17) is 4.74 Å². The summed E-state index contributed by atoms with van der Waals surface area (Å²) in [5, 5.41) is 0. The Morgan fingerprint density at radius 3 is 2.18 bits per heavy atom. The van der Waals surface area contributed by atoms with Gasteiger partial charge < -0.3 is 4.74 Å². The van der Waals surface area contributed by atoms with Crippen molar-refractivity contribution in [3.63, 3.8) is 0 Å². The predicted octanol–water partition coefficient (Wildman–Crippen LogP) is 3.85. The summed E-state index contributed by atoms with van der Waals surface area (Å²) in [4.78, 5) is 36.2. The highest BCUT2D eigenvalue weighted by Gasteiger charge is 2.40. The van der Waals surface area contributed by atoms with Crippen LogP contribution >= 0.6 is 0 Å². The highest BCUT2D eigenvalue weighted by atomic mass is 16.6. The standard InChI is InChI=1S/C18H30O4/c1-6-17(4,7-2)16(21)22-18(5,8-3)12-13-11-14(19)9-10-15(13)20/h13H,6-12H2,1-5H3. The quantitative estimate of drug-likeness (QED) is 0.670. The van der Waals surface area contributed by atoms with Gasteiger partial charge in [-0.1, -0.05) is 20.8 Å². The predicted molar refractivity (Wildman–Crippen MR) is 85.4 cm³/mol. The molecule has 1 aliphatic rings. The number of carbonyl (C=O) groups excluding carboxylic acids is 3. The van der Waals surface area contributed by atoms with Gasteiger partial charge in [-0.3, -0.25) is 14.4 Å². The molecule has 0 aromatic heterocycles. The molecule has 0 saturated heterocycles. The Morgan fingerprint density at radius 2 is 1.68 bits per heavy atom. The van der Waals surface area contributed by atoms with E-state index in [9.17, 15) is 14.4 Å². The van der Waals surface area contributed by atoms with Gasteiger partial charge in [0, 0.05) is 25.2 Å². The van der Waals surface area contributed by atoms with Gasteiger partial charge in [0.25, 0.3) is 0 Å². The molecule has 0 aliphatic heterocycles. The summed E-state index contributed by atoms with van der Waals surface area (Å²) in [5.41, 5.74) is -1.16. The largest absolute Gasteiger partial charge is 0.459 e. The lowest BCUT2D eigenvalue weighted by atomic mass is 9.78. The van der Waals surface area contributed by atoms with Gasteiger partial charge in [-0.15, -0.1) is 0 Å². The number of rotatable bonds is 7. The molecule has 0 amide bonds. The number of ketones is 2. The van der Waals surface area contributed by atoms with Crippen LogP contribution in [0.1, 0.15) is 79.6 Å². The van der Waals surface area contributed by atoms with E-state index < -0.39 is 11.0 Å². The van der Waals surface area contributed by atoms with Crippen LogP contribution in [0.3, 0.4) is 0 Å². The molecule has 4 heteroatoms. The maximum Gasteiger partial charge on any atom is 0.312 e. The molecule has 0 bridgehead atoms. The smallest absolute Gasteiger partial charge is 0.312 e. The van der Waals surface area contributed by atoms with Crippen LogP contribution in [0.5, 0.6) is 0 Å². The average molecular weight is 310 g/mol. The summed E-state index contributed by atoms with van der Waals surface area (Å²) >= 11 is 0. The summed E-state index contributed by atoms with van der Waals surface area (Å²) in [6.07, 6.45) is 3.53. The first-order chi connectivity index (χ1) is 10.2. The number of hydrogen-bond donors (Lipinski definition) is 0. The molecule has 126 valence electrons. The van der Waals surface area contributed by atoms with Crippen LogP contribution in [0.15, 0.2) is 0 Å². The molecule has 0 aromatic carbocycles. The van der Waals surface area contributed by atoms with E-state index in [2.05, 4.69) is 0 Å². The summed E-state index contributed by atoms with van der Waals surface area (Å²) in [6, 6.07) is 0. The molecule has 1 rings (SSSR count). The van der Waals surface area contributed by atoms with Gasteiger partial charge >= 0.3 is 5.97 Å². The Labute approximate surface area is 134 Å². The van der Waals surface area contributed by atoms with Crippen LogP contribution in [-0.4, -0.2) is 23.1 Å². The maximum absolute atomic E-state index is 12.5. The molecule has 1 saturated carbocycles. The number of Topliss-reactive ketones (excluding diaryl/α,β-unsaturated/α-hetero) is 2. The first-order valence-electron chi connectivity index (χ1n) is 8.47. The van der Waals surface area contributed by atoms with Crippen molar-refractivity contribution in [3.05, 3.63) is 0 Å². The van der Waals surface area contributed by atoms with Crippen LogP contribution in [0.4, 0.5) is 0 Å². The van der Waals surface area contributed by atoms with Crippen LogP contribution in [0, 0.1) is 11.3 Å². The van der Waals surface area contributed by atoms with Crippen molar-refractivity contribution in [3.8, 4) is 0 Å². The number of ether oxygens (including phenoxy) is 1. The van der Waals surface area contributed by atoms with Gasteiger partial charge in [-0.05, 0) is 39.5 Å². The lowest BCUT2D eigenvalue weighted by Gasteiger charge is -2.36. The lowest BCUT2D eigenvalue weighted by Crippen LogP contribution is -2.41. The van der Waals surface area contributed by atoms with Crippen molar-refractivity contribution in [2.24, 2.45) is 11.3 Å². The SMILES string of the molecule is CCC(C)(CC1CC(=O)CCC1=O)OC(=O)C(C)(CC)CC. The third-order valence-electron chi connectivity index (χ3n) is 5.40. The fourth-order valence-electron chi connectivity index (χ4n) is 2.81. The first kappa shape index (κ1) is 18.9. The monoisotopic (exact) mass is 310 g/mol. The van der Waals surface area contributed by atoms with Gasteiger partial charge in [-0.2, -0.15) is 0 Å². The highest BCUT2D eigenvalue weighted by Crippen LogP contribution is 2.35. The fraction of sp³-hybridized carbons (Fsp3) is 0.833. The Kier molecular flexibility index (Phi) is 6.33. The van der Waals surface area contributed by atoms with E-state index in [1.165, 1.54) is 0 Å². The molecule has 22 heavy (non-hydrogen) atoms. The van der Waals surface area contributed by atoms with Crippen molar-refractivity contribution in [1.29, 1.82) is 0 Å². The summed E-state index contributed by atoms with van der Waals surface area (Å²) in [6.45, 7) is 9.72. The van der Waals surface area contributed by atoms with E-state index in [1.54, 1.807) is 0 Å². The molecule has 0 N–H and O–H groups in total. The Hall–Kier alpha value is -1.19. The summed E-state index contributed by atoms with van der Waals surface area (Å²) in [7, 11) is 0. The normalized spacial score (nSPS) is 22.3. The van der Waals surface area contributed by atoms with E-state index in [1.807, 2.05) is 34.6 Å². The average Bonchev–Trinajstić information content (AvgIpc) is 2.49. The van der Waals surface area contributed by atoms with Crippen molar-refractivity contribution >= 4 is 17.5 Å². The van der Waals surface area contributed by atoms with Gasteiger partial charge in [0.05, 0.1) is 5.41 Å². The van der Waals surface area contributed by atoms with Crippen LogP contribution in [-0.2, 0) is 19.1 Å². The molecule has 0 spiro atoms. The highest BCUT2D eigenvalue weighted by molar-refractivity contribution is 5.94. The third kappa shape index (κ3) is 4.40. The molecular weight excluding hydrogens is 280 g/mol. The molecule has 1 fully saturated rings. The second-order valence-electron chi connectivity index (χ2n) is 7.07. The fourth-order valence-corrected chi connectivity index (χ4v) is 2.81. The minimum atomic E-state index is -0.680. The molecule has 0 aromatic rings. The zero-order valence-corrected chi connectivity index (χ0v) is 14.7. The van der Waals surface area contributed by atoms with Gasteiger partial charge in [0.2, 0.25) is 0 Å². The Morgan fingerprint density at radius 1 is 1.09 bits per heavy atom. The van der Waals surface area contributed by atoms with Crippen LogP contribution in [0.2, 0.25) is 0 Å². The number of esters is 1. The van der Waals surface area contributed by atoms with E-state index >= 15 is 0 Å². The molecule has 2 unspecified atom stereocenters. The minimum absolute atomic E-state index is 0.129. The van der Waals surface area contributed by atoms with Gasteiger partial charge in [0.15, 0.2) is 0 Å². The minimum Gasteiger partial charge on any atom is -0.459 e.